The summed E-state index contributed by atoms with van der Waals surface area (Å²) in [7, 11) is 0. The van der Waals surface area contributed by atoms with E-state index < -0.39 is 0 Å². The van der Waals surface area contributed by atoms with Crippen molar-refractivity contribution in [1.29, 1.82) is 0 Å². The van der Waals surface area contributed by atoms with Gasteiger partial charge in [-0.25, -0.2) is 0 Å². The lowest BCUT2D eigenvalue weighted by Gasteiger charge is -2.36. The lowest BCUT2D eigenvalue weighted by atomic mass is 9.97. The molecule has 0 aromatic heterocycles. The molecule has 0 saturated carbocycles. The van der Waals surface area contributed by atoms with Crippen molar-refractivity contribution in [3.8, 4) is 5.75 Å². The average Bonchev–Trinajstić information content (AvgIpc) is 2.43. The number of aromatic hydroxyl groups is 1. The topological polar surface area (TPSA) is 35.5 Å². The molecule has 0 radical (unpaired) electrons. The van der Waals surface area contributed by atoms with Crippen molar-refractivity contribution in [1.82, 2.24) is 10.2 Å². The van der Waals surface area contributed by atoms with Crippen LogP contribution in [-0.2, 0) is 0 Å². The predicted molar refractivity (Wildman–Crippen MR) is 102 cm³/mol. The highest BCUT2D eigenvalue weighted by Crippen LogP contribution is 2.41. The molecule has 22 heavy (non-hydrogen) atoms. The highest BCUT2D eigenvalue weighted by atomic mass is 79.9. The van der Waals surface area contributed by atoms with Crippen LogP contribution in [0, 0.1) is 0 Å². The third-order valence-electron chi connectivity index (χ3n) is 3.58. The minimum Gasteiger partial charge on any atom is -0.506 e. The number of phenols is 1. The number of nitrogens with zero attached hydrogens (tertiary/aromatic N) is 1. The summed E-state index contributed by atoms with van der Waals surface area (Å²) in [5.41, 5.74) is 1.88. The van der Waals surface area contributed by atoms with Gasteiger partial charge in [0.25, 0.3) is 0 Å². The Morgan fingerprint density at radius 3 is 2.55 bits per heavy atom. The van der Waals surface area contributed by atoms with E-state index in [1.165, 1.54) is 0 Å². The molecule has 1 heterocycles. The number of rotatable bonds is 4. The number of benzene rings is 1. The van der Waals surface area contributed by atoms with Crippen molar-refractivity contribution in [2.24, 2.45) is 0 Å². The summed E-state index contributed by atoms with van der Waals surface area (Å²) in [6, 6.07) is 3.67. The van der Waals surface area contributed by atoms with Gasteiger partial charge in [-0.3, -0.25) is 4.90 Å². The van der Waals surface area contributed by atoms with E-state index in [1.54, 1.807) is 6.07 Å². The standard InChI is InChI=1S/C15H20BrClN2O.2ClH/c1-10(2)9-13(19-7-5-18-6-8-19)14-12(17)4-3-11(16)15(14)20;;/h3-4,13,18,20H,1,5-9H2,2H3;2*1H/t13-;;/m1../s1. The van der Waals surface area contributed by atoms with Crippen LogP contribution in [0.15, 0.2) is 28.8 Å². The van der Waals surface area contributed by atoms with Gasteiger partial charge in [0.2, 0.25) is 0 Å². The first-order valence-electron chi connectivity index (χ1n) is 6.76. The first kappa shape index (κ1) is 22.0. The van der Waals surface area contributed by atoms with Crippen LogP contribution in [0.3, 0.4) is 0 Å². The van der Waals surface area contributed by atoms with Crippen LogP contribution in [-0.4, -0.2) is 36.2 Å². The molecule has 2 rings (SSSR count). The molecule has 1 aliphatic rings. The van der Waals surface area contributed by atoms with Crippen LogP contribution in [0.4, 0.5) is 0 Å². The highest BCUT2D eigenvalue weighted by molar-refractivity contribution is 9.10. The van der Waals surface area contributed by atoms with Crippen molar-refractivity contribution >= 4 is 52.3 Å². The van der Waals surface area contributed by atoms with E-state index in [0.717, 1.165) is 43.7 Å². The largest absolute Gasteiger partial charge is 0.506 e. The maximum Gasteiger partial charge on any atom is 0.136 e. The second-order valence-electron chi connectivity index (χ2n) is 5.25. The van der Waals surface area contributed by atoms with Crippen LogP contribution in [0.1, 0.15) is 24.9 Å². The third-order valence-corrected chi connectivity index (χ3v) is 4.55. The van der Waals surface area contributed by atoms with E-state index in [2.05, 4.69) is 32.7 Å². The quantitative estimate of drug-likeness (QED) is 0.685. The first-order chi connectivity index (χ1) is 9.50. The van der Waals surface area contributed by atoms with Crippen molar-refractivity contribution in [2.45, 2.75) is 19.4 Å². The van der Waals surface area contributed by atoms with Crippen molar-refractivity contribution in [3.63, 3.8) is 0 Å². The molecule has 7 heteroatoms. The summed E-state index contributed by atoms with van der Waals surface area (Å²) in [5.74, 6) is 0.238. The second-order valence-corrected chi connectivity index (χ2v) is 6.52. The lowest BCUT2D eigenvalue weighted by molar-refractivity contribution is 0.170. The molecule has 126 valence electrons. The van der Waals surface area contributed by atoms with Gasteiger partial charge in [0.05, 0.1) is 4.47 Å². The average molecular weight is 433 g/mol. The molecule has 0 spiro atoms. The number of piperazine rings is 1. The van der Waals surface area contributed by atoms with Crippen LogP contribution in [0.5, 0.6) is 5.75 Å². The smallest absolute Gasteiger partial charge is 0.136 e. The SMILES string of the molecule is C=C(C)C[C@H](c1c(Cl)ccc(Br)c1O)N1CCNCC1.Cl.Cl. The Morgan fingerprint density at radius 2 is 2.00 bits per heavy atom. The second kappa shape index (κ2) is 10.0. The molecule has 3 nitrogen and oxygen atoms in total. The van der Waals surface area contributed by atoms with E-state index in [0.29, 0.717) is 9.50 Å². The van der Waals surface area contributed by atoms with Gasteiger partial charge in [-0.05, 0) is 41.4 Å². The third kappa shape index (κ3) is 5.29. The van der Waals surface area contributed by atoms with E-state index in [1.807, 2.05) is 13.0 Å². The predicted octanol–water partition coefficient (Wildman–Crippen LogP) is 4.56. The van der Waals surface area contributed by atoms with Gasteiger partial charge in [0.15, 0.2) is 0 Å². The summed E-state index contributed by atoms with van der Waals surface area (Å²) in [6.07, 6.45) is 0.795. The zero-order valence-corrected chi connectivity index (χ0v) is 16.4. The lowest BCUT2D eigenvalue weighted by Crippen LogP contribution is -2.45. The first-order valence-corrected chi connectivity index (χ1v) is 7.94. The maximum absolute atomic E-state index is 10.4. The summed E-state index contributed by atoms with van der Waals surface area (Å²) in [4.78, 5) is 2.36. The zero-order valence-electron chi connectivity index (χ0n) is 12.4. The summed E-state index contributed by atoms with van der Waals surface area (Å²) >= 11 is 9.72. The molecule has 2 N–H and O–H groups in total. The number of phenolic OH excluding ortho intramolecular Hbond substituents is 1. The number of nitrogens with one attached hydrogen (secondary N) is 1. The van der Waals surface area contributed by atoms with Gasteiger partial charge in [0, 0.05) is 42.8 Å². The number of halogens is 4. The highest BCUT2D eigenvalue weighted by Gasteiger charge is 2.27. The normalized spacial score (nSPS) is 16.3. The molecule has 1 aliphatic heterocycles. The van der Waals surface area contributed by atoms with Crippen molar-refractivity contribution < 1.29 is 5.11 Å². The molecule has 0 bridgehead atoms. The van der Waals surface area contributed by atoms with Crippen LogP contribution in [0.25, 0.3) is 0 Å². The molecule has 1 atom stereocenters. The number of hydrogen-bond acceptors (Lipinski definition) is 3. The Kier molecular flexibility index (Phi) is 10.0. The van der Waals surface area contributed by atoms with Crippen LogP contribution >= 0.6 is 52.3 Å². The number of hydrogen-bond donors (Lipinski definition) is 2. The fourth-order valence-corrected chi connectivity index (χ4v) is 3.24. The molecule has 1 fully saturated rings. The summed E-state index contributed by atoms with van der Waals surface area (Å²) < 4.78 is 0.679. The van der Waals surface area contributed by atoms with Gasteiger partial charge in [-0.2, -0.15) is 0 Å². The molecular weight excluding hydrogens is 410 g/mol. The molecular formula is C15H22BrCl3N2O. The monoisotopic (exact) mass is 430 g/mol. The van der Waals surface area contributed by atoms with E-state index in [9.17, 15) is 5.11 Å². The molecule has 1 aromatic carbocycles. The zero-order chi connectivity index (χ0) is 14.7. The Hall–Kier alpha value is 0.0300. The van der Waals surface area contributed by atoms with E-state index in [-0.39, 0.29) is 36.6 Å². The Balaban J connectivity index is 0.00000220. The van der Waals surface area contributed by atoms with Gasteiger partial charge in [-0.15, -0.1) is 31.4 Å². The minimum absolute atomic E-state index is 0. The Morgan fingerprint density at radius 1 is 1.41 bits per heavy atom. The maximum atomic E-state index is 10.4. The van der Waals surface area contributed by atoms with Crippen LogP contribution in [0.2, 0.25) is 5.02 Å². The summed E-state index contributed by atoms with van der Waals surface area (Å²) in [5, 5.41) is 14.3. The van der Waals surface area contributed by atoms with Gasteiger partial charge in [-0.1, -0.05) is 17.2 Å². The Bertz CT molecular complexity index is 508. The van der Waals surface area contributed by atoms with E-state index >= 15 is 0 Å². The minimum atomic E-state index is 0. The molecule has 1 aromatic rings. The van der Waals surface area contributed by atoms with Gasteiger partial charge >= 0.3 is 0 Å². The fraction of sp³-hybridized carbons (Fsp3) is 0.467. The van der Waals surface area contributed by atoms with Crippen molar-refractivity contribution in [2.75, 3.05) is 26.2 Å². The fourth-order valence-electron chi connectivity index (χ4n) is 2.61. The Labute approximate surface area is 158 Å². The molecule has 0 unspecified atom stereocenters. The summed E-state index contributed by atoms with van der Waals surface area (Å²) in [6.45, 7) is 9.83. The van der Waals surface area contributed by atoms with Crippen LogP contribution < -0.4 is 5.32 Å². The molecule has 1 saturated heterocycles. The van der Waals surface area contributed by atoms with Gasteiger partial charge < -0.3 is 10.4 Å². The molecule has 0 amide bonds. The molecule has 0 aliphatic carbocycles. The van der Waals surface area contributed by atoms with Gasteiger partial charge in [0.1, 0.15) is 5.75 Å². The van der Waals surface area contributed by atoms with Crippen molar-refractivity contribution in [3.05, 3.63) is 39.3 Å². The van der Waals surface area contributed by atoms with E-state index in [4.69, 9.17) is 11.6 Å².